The second-order valence-corrected chi connectivity index (χ2v) is 6.72. The minimum absolute atomic E-state index is 0.0380. The number of carbonyl (C=O) groups is 1. The lowest BCUT2D eigenvalue weighted by atomic mass is 9.94. The number of carbonyl (C=O) groups excluding carboxylic acids is 1. The third-order valence-electron chi connectivity index (χ3n) is 4.88. The molecule has 3 nitrogen and oxygen atoms in total. The zero-order chi connectivity index (χ0) is 18.9. The van der Waals surface area contributed by atoms with Crippen LogP contribution in [-0.4, -0.2) is 12.5 Å². The average Bonchev–Trinajstić information content (AvgIpc) is 2.61. The van der Waals surface area contributed by atoms with Crippen LogP contribution in [0.15, 0.2) is 42.5 Å². The number of nitrogen functional groups attached to an aromatic ring is 1. The van der Waals surface area contributed by atoms with E-state index >= 15 is 0 Å². The summed E-state index contributed by atoms with van der Waals surface area (Å²) in [6.07, 6.45) is -2.42. The fourth-order valence-corrected chi connectivity index (χ4v) is 3.40. The Morgan fingerprint density at radius 2 is 1.88 bits per heavy atom. The summed E-state index contributed by atoms with van der Waals surface area (Å²) in [6, 6.07) is 10.6. The fourth-order valence-electron chi connectivity index (χ4n) is 3.40. The SMILES string of the molecule is CC(CC(=O)N1CCCc2c(N)cccc21)c1ccc(C(F)(F)F)cc1. The van der Waals surface area contributed by atoms with Crippen molar-refractivity contribution in [2.75, 3.05) is 17.2 Å². The number of hydrogen-bond donors (Lipinski definition) is 1. The number of rotatable bonds is 3. The van der Waals surface area contributed by atoms with Crippen LogP contribution in [0.1, 0.15) is 42.4 Å². The third kappa shape index (κ3) is 3.69. The molecule has 1 amide bonds. The predicted octanol–water partition coefficient (Wildman–Crippen LogP) is 4.76. The zero-order valence-corrected chi connectivity index (χ0v) is 14.5. The topological polar surface area (TPSA) is 46.3 Å². The van der Waals surface area contributed by atoms with E-state index in [-0.39, 0.29) is 18.2 Å². The first-order chi connectivity index (χ1) is 12.3. The molecule has 138 valence electrons. The normalized spacial score (nSPS) is 15.5. The molecule has 0 saturated heterocycles. The lowest BCUT2D eigenvalue weighted by Crippen LogP contribution is -2.36. The van der Waals surface area contributed by atoms with Crippen LogP contribution in [0.2, 0.25) is 0 Å². The molecule has 6 heteroatoms. The first-order valence-electron chi connectivity index (χ1n) is 8.62. The number of benzene rings is 2. The number of nitrogens with zero attached hydrogens (tertiary/aromatic N) is 1. The number of alkyl halides is 3. The highest BCUT2D eigenvalue weighted by molar-refractivity contribution is 5.95. The third-order valence-corrected chi connectivity index (χ3v) is 4.88. The van der Waals surface area contributed by atoms with Gasteiger partial charge in [-0.2, -0.15) is 13.2 Å². The number of nitrogens with two attached hydrogens (primary N) is 1. The van der Waals surface area contributed by atoms with Crippen LogP contribution >= 0.6 is 0 Å². The number of anilines is 2. The monoisotopic (exact) mass is 362 g/mol. The van der Waals surface area contributed by atoms with E-state index in [1.54, 1.807) is 4.90 Å². The van der Waals surface area contributed by atoms with Crippen molar-refractivity contribution in [3.8, 4) is 0 Å². The van der Waals surface area contributed by atoms with Gasteiger partial charge >= 0.3 is 6.18 Å². The van der Waals surface area contributed by atoms with Crippen molar-refractivity contribution in [3.63, 3.8) is 0 Å². The Bertz CT molecular complexity index is 800. The molecular formula is C20H21F3N2O. The lowest BCUT2D eigenvalue weighted by Gasteiger charge is -2.31. The molecule has 1 atom stereocenters. The van der Waals surface area contributed by atoms with Gasteiger partial charge in [0.25, 0.3) is 0 Å². The highest BCUT2D eigenvalue weighted by Gasteiger charge is 2.30. The summed E-state index contributed by atoms with van der Waals surface area (Å²) in [5.74, 6) is -0.208. The molecular weight excluding hydrogens is 341 g/mol. The maximum absolute atomic E-state index is 12.8. The van der Waals surface area contributed by atoms with Crippen molar-refractivity contribution in [1.29, 1.82) is 0 Å². The average molecular weight is 362 g/mol. The molecule has 0 radical (unpaired) electrons. The van der Waals surface area contributed by atoms with Crippen molar-refractivity contribution in [1.82, 2.24) is 0 Å². The summed E-state index contributed by atoms with van der Waals surface area (Å²) in [5.41, 5.74) is 8.59. The largest absolute Gasteiger partial charge is 0.416 e. The fraction of sp³-hybridized carbons (Fsp3) is 0.350. The number of halogens is 3. The van der Waals surface area contributed by atoms with Crippen LogP contribution in [0.3, 0.4) is 0 Å². The predicted molar refractivity (Wildman–Crippen MR) is 96.0 cm³/mol. The zero-order valence-electron chi connectivity index (χ0n) is 14.5. The van der Waals surface area contributed by atoms with Gasteiger partial charge in [0.2, 0.25) is 5.91 Å². The molecule has 1 aliphatic heterocycles. The molecule has 3 rings (SSSR count). The lowest BCUT2D eigenvalue weighted by molar-refractivity contribution is -0.137. The van der Waals surface area contributed by atoms with Crippen molar-refractivity contribution in [2.24, 2.45) is 0 Å². The van der Waals surface area contributed by atoms with E-state index in [2.05, 4.69) is 0 Å². The molecule has 26 heavy (non-hydrogen) atoms. The molecule has 1 unspecified atom stereocenters. The van der Waals surface area contributed by atoms with E-state index in [1.165, 1.54) is 12.1 Å². The van der Waals surface area contributed by atoms with E-state index < -0.39 is 11.7 Å². The van der Waals surface area contributed by atoms with Crippen LogP contribution in [0.25, 0.3) is 0 Å². The molecule has 0 bridgehead atoms. The van der Waals surface area contributed by atoms with E-state index in [0.29, 0.717) is 12.2 Å². The van der Waals surface area contributed by atoms with Gasteiger partial charge in [0.05, 0.1) is 5.56 Å². The first kappa shape index (κ1) is 18.3. The summed E-state index contributed by atoms with van der Waals surface area (Å²) >= 11 is 0. The van der Waals surface area contributed by atoms with Crippen molar-refractivity contribution in [2.45, 2.75) is 38.3 Å². The molecule has 1 heterocycles. The Balaban J connectivity index is 1.74. The molecule has 0 saturated carbocycles. The number of hydrogen-bond acceptors (Lipinski definition) is 2. The standard InChI is InChI=1S/C20H21F3N2O/c1-13(14-7-9-15(10-8-14)20(21,22)23)12-19(26)25-11-3-4-16-17(24)5-2-6-18(16)25/h2,5-10,13H,3-4,11-12,24H2,1H3. The Hall–Kier alpha value is -2.50. The van der Waals surface area contributed by atoms with E-state index in [9.17, 15) is 18.0 Å². The molecule has 0 spiro atoms. The van der Waals surface area contributed by atoms with Crippen molar-refractivity contribution in [3.05, 3.63) is 59.2 Å². The van der Waals surface area contributed by atoms with Gasteiger partial charge in [0.15, 0.2) is 0 Å². The minimum Gasteiger partial charge on any atom is -0.398 e. The van der Waals surface area contributed by atoms with Crippen LogP contribution in [-0.2, 0) is 17.4 Å². The highest BCUT2D eigenvalue weighted by Crippen LogP contribution is 2.34. The van der Waals surface area contributed by atoms with Crippen molar-refractivity contribution >= 4 is 17.3 Å². The van der Waals surface area contributed by atoms with Crippen LogP contribution < -0.4 is 10.6 Å². The summed E-state index contributed by atoms with van der Waals surface area (Å²) in [4.78, 5) is 14.5. The Labute approximate surface area is 150 Å². The molecule has 0 aliphatic carbocycles. The van der Waals surface area contributed by atoms with Crippen LogP contribution in [0, 0.1) is 0 Å². The smallest absolute Gasteiger partial charge is 0.398 e. The van der Waals surface area contributed by atoms with Gasteiger partial charge < -0.3 is 10.6 Å². The van der Waals surface area contributed by atoms with Gasteiger partial charge in [-0.05, 0) is 54.2 Å². The molecule has 2 aromatic rings. The summed E-state index contributed by atoms with van der Waals surface area (Å²) in [6.45, 7) is 2.49. The Morgan fingerprint density at radius 1 is 1.19 bits per heavy atom. The van der Waals surface area contributed by atoms with E-state index in [0.717, 1.165) is 41.8 Å². The maximum atomic E-state index is 12.8. The van der Waals surface area contributed by atoms with Gasteiger partial charge in [-0.15, -0.1) is 0 Å². The summed E-state index contributed by atoms with van der Waals surface area (Å²) in [7, 11) is 0. The maximum Gasteiger partial charge on any atom is 0.416 e. The van der Waals surface area contributed by atoms with Gasteiger partial charge in [0.1, 0.15) is 0 Å². The summed E-state index contributed by atoms with van der Waals surface area (Å²) in [5, 5.41) is 0. The van der Waals surface area contributed by atoms with Gasteiger partial charge in [0, 0.05) is 24.3 Å². The quantitative estimate of drug-likeness (QED) is 0.800. The number of amides is 1. The Morgan fingerprint density at radius 3 is 2.54 bits per heavy atom. The molecule has 2 N–H and O–H groups in total. The number of fused-ring (bicyclic) bond motifs is 1. The Kier molecular flexibility index (Phi) is 4.94. The van der Waals surface area contributed by atoms with Gasteiger partial charge in [-0.25, -0.2) is 0 Å². The van der Waals surface area contributed by atoms with Crippen LogP contribution in [0.5, 0.6) is 0 Å². The highest BCUT2D eigenvalue weighted by atomic mass is 19.4. The molecule has 0 fully saturated rings. The molecule has 2 aromatic carbocycles. The van der Waals surface area contributed by atoms with E-state index in [1.807, 2.05) is 25.1 Å². The minimum atomic E-state index is -4.35. The van der Waals surface area contributed by atoms with Gasteiger partial charge in [-0.3, -0.25) is 4.79 Å². The van der Waals surface area contributed by atoms with Crippen molar-refractivity contribution < 1.29 is 18.0 Å². The first-order valence-corrected chi connectivity index (χ1v) is 8.62. The van der Waals surface area contributed by atoms with E-state index in [4.69, 9.17) is 5.73 Å². The second kappa shape index (κ2) is 7.02. The molecule has 1 aliphatic rings. The van der Waals surface area contributed by atoms with Crippen LogP contribution in [0.4, 0.5) is 24.5 Å². The summed E-state index contributed by atoms with van der Waals surface area (Å²) < 4.78 is 38.0. The second-order valence-electron chi connectivity index (χ2n) is 6.72. The molecule has 0 aromatic heterocycles. The van der Waals surface area contributed by atoms with Gasteiger partial charge in [-0.1, -0.05) is 25.1 Å².